The Morgan fingerprint density at radius 1 is 1.36 bits per heavy atom. The maximum atomic E-state index is 12.1. The fourth-order valence-corrected chi connectivity index (χ4v) is 2.68. The molecule has 1 heterocycles. The van der Waals surface area contributed by atoms with E-state index in [-0.39, 0.29) is 12.5 Å². The van der Waals surface area contributed by atoms with Crippen LogP contribution in [0.5, 0.6) is 11.5 Å². The first-order valence-electron chi connectivity index (χ1n) is 8.73. The summed E-state index contributed by atoms with van der Waals surface area (Å²) < 4.78 is 15.9. The van der Waals surface area contributed by atoms with Crippen molar-refractivity contribution < 1.29 is 23.5 Å². The Bertz CT molecular complexity index is 833. The number of carbonyl (C=O) groups is 2. The van der Waals surface area contributed by atoms with Gasteiger partial charge in [0.05, 0.1) is 31.5 Å². The third kappa shape index (κ3) is 6.06. The number of hydrogen-bond donors (Lipinski definition) is 2. The summed E-state index contributed by atoms with van der Waals surface area (Å²) in [5, 5.41) is 5.66. The highest BCUT2D eigenvalue weighted by molar-refractivity contribution is 6.32. The van der Waals surface area contributed by atoms with E-state index in [1.165, 1.54) is 19.4 Å². The molecule has 2 aromatic rings. The second-order valence-corrected chi connectivity index (χ2v) is 6.24. The normalized spacial score (nSPS) is 11.9. The molecular weight excluding hydrogens is 384 g/mol. The molecule has 1 atom stereocenters. The van der Waals surface area contributed by atoms with E-state index in [4.69, 9.17) is 25.5 Å². The van der Waals surface area contributed by atoms with Crippen molar-refractivity contribution in [1.29, 1.82) is 0 Å². The lowest BCUT2D eigenvalue weighted by atomic mass is 10.2. The van der Waals surface area contributed by atoms with Crippen LogP contribution in [0.15, 0.2) is 41.0 Å². The van der Waals surface area contributed by atoms with Crippen molar-refractivity contribution in [2.45, 2.75) is 26.4 Å². The van der Waals surface area contributed by atoms with Crippen LogP contribution in [0.2, 0.25) is 5.02 Å². The third-order valence-corrected chi connectivity index (χ3v) is 4.01. The monoisotopic (exact) mass is 406 g/mol. The summed E-state index contributed by atoms with van der Waals surface area (Å²) in [6.45, 7) is 4.15. The van der Waals surface area contributed by atoms with Gasteiger partial charge >= 0.3 is 0 Å². The van der Waals surface area contributed by atoms with Gasteiger partial charge < -0.3 is 24.5 Å². The topological polar surface area (TPSA) is 89.8 Å². The molecule has 0 spiro atoms. The minimum absolute atomic E-state index is 0.256. The van der Waals surface area contributed by atoms with Gasteiger partial charge in [0.2, 0.25) is 11.8 Å². The maximum Gasteiger partial charge on any atom is 0.244 e. The van der Waals surface area contributed by atoms with Crippen molar-refractivity contribution >= 4 is 29.5 Å². The number of furan rings is 1. The molecule has 0 aliphatic heterocycles. The number of carbonyl (C=O) groups excluding carboxylic acids is 2. The highest BCUT2D eigenvalue weighted by Gasteiger charge is 2.15. The van der Waals surface area contributed by atoms with Crippen LogP contribution in [0.25, 0.3) is 6.08 Å². The van der Waals surface area contributed by atoms with Gasteiger partial charge in [0.25, 0.3) is 0 Å². The molecule has 1 aromatic carbocycles. The van der Waals surface area contributed by atoms with Crippen LogP contribution in [0, 0.1) is 0 Å². The van der Waals surface area contributed by atoms with Crippen LogP contribution < -0.4 is 20.1 Å². The van der Waals surface area contributed by atoms with Crippen molar-refractivity contribution in [3.05, 3.63) is 53.0 Å². The molecule has 2 N–H and O–H groups in total. The summed E-state index contributed by atoms with van der Waals surface area (Å²) in [7, 11) is 1.50. The van der Waals surface area contributed by atoms with E-state index < -0.39 is 11.9 Å². The second kappa shape index (κ2) is 10.4. The fourth-order valence-electron chi connectivity index (χ4n) is 2.38. The lowest BCUT2D eigenvalue weighted by Gasteiger charge is -2.13. The van der Waals surface area contributed by atoms with Gasteiger partial charge in [0.15, 0.2) is 11.5 Å². The van der Waals surface area contributed by atoms with E-state index >= 15 is 0 Å². The zero-order valence-corrected chi connectivity index (χ0v) is 16.7. The van der Waals surface area contributed by atoms with Crippen LogP contribution in [0.4, 0.5) is 0 Å². The Balaban J connectivity index is 1.94. The lowest BCUT2D eigenvalue weighted by molar-refractivity contribution is -0.126. The number of ether oxygens (including phenoxy) is 2. The van der Waals surface area contributed by atoms with Gasteiger partial charge in [-0.3, -0.25) is 9.59 Å². The molecular formula is C20H23ClN2O5. The maximum absolute atomic E-state index is 12.1. The van der Waals surface area contributed by atoms with E-state index in [1.54, 1.807) is 37.3 Å². The van der Waals surface area contributed by atoms with Crippen molar-refractivity contribution in [1.82, 2.24) is 10.6 Å². The number of methoxy groups -OCH3 is 1. The van der Waals surface area contributed by atoms with Crippen LogP contribution >= 0.6 is 11.6 Å². The van der Waals surface area contributed by atoms with Gasteiger partial charge in [-0.15, -0.1) is 0 Å². The molecule has 2 rings (SSSR count). The van der Waals surface area contributed by atoms with Crippen LogP contribution in [0.3, 0.4) is 0 Å². The van der Waals surface area contributed by atoms with E-state index in [0.29, 0.717) is 34.5 Å². The first-order chi connectivity index (χ1) is 13.4. The van der Waals surface area contributed by atoms with Crippen LogP contribution in [0.1, 0.15) is 25.2 Å². The number of rotatable bonds is 9. The molecule has 0 fully saturated rings. The first-order valence-corrected chi connectivity index (χ1v) is 9.11. The molecule has 28 heavy (non-hydrogen) atoms. The summed E-state index contributed by atoms with van der Waals surface area (Å²) in [4.78, 5) is 24.1. The van der Waals surface area contributed by atoms with E-state index in [2.05, 4.69) is 10.6 Å². The predicted octanol–water partition coefficient (Wildman–Crippen LogP) is 3.17. The standard InChI is InChI=1S/C20H23ClN2O5/c1-4-27-17-11-14(10-16(21)19(17)26-3)7-8-18(24)23-13(2)20(25)22-12-15-6-5-9-28-15/h5-11,13H,4,12H2,1-3H3,(H,22,25)(H,23,24)/b8-7+. The zero-order valence-electron chi connectivity index (χ0n) is 16.0. The van der Waals surface area contributed by atoms with Gasteiger partial charge in [-0.2, -0.15) is 0 Å². The number of halogens is 1. The molecule has 8 heteroatoms. The van der Waals surface area contributed by atoms with Crippen molar-refractivity contribution in [3.63, 3.8) is 0 Å². The number of hydrogen-bond acceptors (Lipinski definition) is 5. The molecule has 0 radical (unpaired) electrons. The molecule has 7 nitrogen and oxygen atoms in total. The van der Waals surface area contributed by atoms with E-state index in [0.717, 1.165) is 0 Å². The van der Waals surface area contributed by atoms with Crippen molar-refractivity contribution in [2.24, 2.45) is 0 Å². The summed E-state index contributed by atoms with van der Waals surface area (Å²) in [5.41, 5.74) is 0.666. The Kier molecular flexibility index (Phi) is 7.95. The number of benzene rings is 1. The summed E-state index contributed by atoms with van der Waals surface area (Å²) in [6, 6.07) is 6.16. The summed E-state index contributed by atoms with van der Waals surface area (Å²) in [5.74, 6) is 0.832. The Hall–Kier alpha value is -2.93. The number of amides is 2. The van der Waals surface area contributed by atoms with Gasteiger partial charge in [0.1, 0.15) is 11.8 Å². The summed E-state index contributed by atoms with van der Waals surface area (Å²) in [6.07, 6.45) is 4.43. The van der Waals surface area contributed by atoms with Gasteiger partial charge in [0, 0.05) is 6.08 Å². The van der Waals surface area contributed by atoms with E-state index in [1.807, 2.05) is 6.92 Å². The Morgan fingerprint density at radius 3 is 2.79 bits per heavy atom. The molecule has 0 aliphatic rings. The van der Waals surface area contributed by atoms with Gasteiger partial charge in [-0.05, 0) is 49.8 Å². The van der Waals surface area contributed by atoms with Gasteiger partial charge in [-0.25, -0.2) is 0 Å². The molecule has 0 bridgehead atoms. The Morgan fingerprint density at radius 2 is 2.14 bits per heavy atom. The average molecular weight is 407 g/mol. The molecule has 1 unspecified atom stereocenters. The minimum atomic E-state index is -0.703. The third-order valence-electron chi connectivity index (χ3n) is 3.73. The largest absolute Gasteiger partial charge is 0.491 e. The highest BCUT2D eigenvalue weighted by atomic mass is 35.5. The molecule has 1 aromatic heterocycles. The second-order valence-electron chi connectivity index (χ2n) is 5.83. The molecule has 2 amide bonds. The van der Waals surface area contributed by atoms with Crippen molar-refractivity contribution in [3.8, 4) is 11.5 Å². The van der Waals surface area contributed by atoms with E-state index in [9.17, 15) is 9.59 Å². The quantitative estimate of drug-likeness (QED) is 0.624. The highest BCUT2D eigenvalue weighted by Crippen LogP contribution is 2.36. The van der Waals surface area contributed by atoms with Crippen LogP contribution in [-0.2, 0) is 16.1 Å². The smallest absolute Gasteiger partial charge is 0.244 e. The van der Waals surface area contributed by atoms with Crippen molar-refractivity contribution in [2.75, 3.05) is 13.7 Å². The predicted molar refractivity (Wildman–Crippen MR) is 106 cm³/mol. The Labute approximate surface area is 168 Å². The van der Waals surface area contributed by atoms with Crippen LogP contribution in [-0.4, -0.2) is 31.6 Å². The molecule has 0 saturated carbocycles. The fraction of sp³-hybridized carbons (Fsp3) is 0.300. The zero-order chi connectivity index (χ0) is 20.5. The molecule has 0 saturated heterocycles. The van der Waals surface area contributed by atoms with Gasteiger partial charge in [-0.1, -0.05) is 11.6 Å². The lowest BCUT2D eigenvalue weighted by Crippen LogP contribution is -2.44. The SMILES string of the molecule is CCOc1cc(/C=C/C(=O)NC(C)C(=O)NCc2ccco2)cc(Cl)c1OC. The average Bonchev–Trinajstić information content (AvgIpc) is 3.18. The molecule has 0 aliphatic carbocycles. The molecule has 150 valence electrons. The first kappa shape index (κ1) is 21.4. The minimum Gasteiger partial charge on any atom is -0.491 e. The number of nitrogens with one attached hydrogen (secondary N) is 2. The summed E-state index contributed by atoms with van der Waals surface area (Å²) >= 11 is 6.19.